The van der Waals surface area contributed by atoms with E-state index in [1.54, 1.807) is 11.8 Å². The van der Waals surface area contributed by atoms with E-state index in [1.165, 1.54) is 30.1 Å². The molecular formula is C16H18N4O2S3. The van der Waals surface area contributed by atoms with Crippen molar-refractivity contribution in [2.24, 2.45) is 0 Å². The molecule has 0 radical (unpaired) electrons. The van der Waals surface area contributed by atoms with Crippen molar-refractivity contribution in [2.45, 2.75) is 20.9 Å². The van der Waals surface area contributed by atoms with Crippen molar-refractivity contribution in [3.8, 4) is 0 Å². The summed E-state index contributed by atoms with van der Waals surface area (Å²) in [6.45, 7) is 5.82. The number of hydrogen-bond acceptors (Lipinski definition) is 7. The summed E-state index contributed by atoms with van der Waals surface area (Å²) in [5.41, 5.74) is 1.85. The molecule has 2 rings (SSSR count). The van der Waals surface area contributed by atoms with Crippen LogP contribution in [0.5, 0.6) is 0 Å². The van der Waals surface area contributed by atoms with Crippen LogP contribution in [0.1, 0.15) is 17.7 Å². The van der Waals surface area contributed by atoms with Gasteiger partial charge in [-0.1, -0.05) is 77.3 Å². The van der Waals surface area contributed by atoms with E-state index in [0.29, 0.717) is 4.34 Å². The van der Waals surface area contributed by atoms with E-state index in [9.17, 15) is 9.59 Å². The Morgan fingerprint density at radius 2 is 1.92 bits per heavy atom. The van der Waals surface area contributed by atoms with Crippen LogP contribution in [0.3, 0.4) is 0 Å². The molecule has 0 saturated carbocycles. The highest BCUT2D eigenvalue weighted by Gasteiger charge is 2.25. The number of imide groups is 1. The molecule has 0 aliphatic carbocycles. The molecule has 0 bridgehead atoms. The van der Waals surface area contributed by atoms with E-state index >= 15 is 0 Å². The zero-order valence-corrected chi connectivity index (χ0v) is 16.3. The Morgan fingerprint density at radius 3 is 2.56 bits per heavy atom. The first-order valence-electron chi connectivity index (χ1n) is 7.34. The van der Waals surface area contributed by atoms with Gasteiger partial charge >= 0.3 is 6.03 Å². The first kappa shape index (κ1) is 19.5. The maximum absolute atomic E-state index is 12.5. The van der Waals surface area contributed by atoms with Crippen LogP contribution in [0.4, 0.5) is 4.79 Å². The fourth-order valence-corrected chi connectivity index (χ4v) is 4.78. The Hall–Kier alpha value is -1.84. The summed E-state index contributed by atoms with van der Waals surface area (Å²) in [5, 5.41) is 12.4. The van der Waals surface area contributed by atoms with Gasteiger partial charge in [-0.25, -0.2) is 4.79 Å². The fourth-order valence-electron chi connectivity index (χ4n) is 1.73. The molecule has 1 atom stereocenters. The third-order valence-corrected chi connectivity index (χ3v) is 6.48. The number of nitrogens with zero attached hydrogens (tertiary/aromatic N) is 2. The molecule has 132 valence electrons. The average molecular weight is 395 g/mol. The first-order valence-corrected chi connectivity index (χ1v) is 10.0. The fraction of sp³-hybridized carbons (Fsp3) is 0.250. The normalized spacial score (nSPS) is 11.6. The number of benzene rings is 1. The van der Waals surface area contributed by atoms with Gasteiger partial charge in [0.1, 0.15) is 5.25 Å². The van der Waals surface area contributed by atoms with Gasteiger partial charge in [0.05, 0.1) is 0 Å². The third kappa shape index (κ3) is 6.18. The predicted octanol–water partition coefficient (Wildman–Crippen LogP) is 3.50. The molecule has 1 aromatic heterocycles. The van der Waals surface area contributed by atoms with Crippen LogP contribution in [0.25, 0.3) is 0 Å². The number of carbonyl (C=O) groups is 2. The second-order valence-corrected chi connectivity index (χ2v) is 8.61. The Balaban J connectivity index is 2.14. The third-order valence-electron chi connectivity index (χ3n) is 2.85. The minimum absolute atomic E-state index is 0.401. The lowest BCUT2D eigenvalue weighted by molar-refractivity contribution is -0.119. The molecule has 0 saturated heterocycles. The van der Waals surface area contributed by atoms with E-state index in [1.807, 2.05) is 37.3 Å². The van der Waals surface area contributed by atoms with E-state index in [-0.39, 0.29) is 0 Å². The Kier molecular flexibility index (Phi) is 7.48. The van der Waals surface area contributed by atoms with Gasteiger partial charge in [0.25, 0.3) is 0 Å². The van der Waals surface area contributed by atoms with Gasteiger partial charge in [-0.3, -0.25) is 10.1 Å². The van der Waals surface area contributed by atoms with Gasteiger partial charge in [0.2, 0.25) is 5.91 Å². The van der Waals surface area contributed by atoms with Crippen molar-refractivity contribution in [1.29, 1.82) is 0 Å². The number of aromatic nitrogens is 2. The van der Waals surface area contributed by atoms with Crippen molar-refractivity contribution >= 4 is 46.8 Å². The van der Waals surface area contributed by atoms with Crippen LogP contribution in [-0.4, -0.2) is 34.9 Å². The van der Waals surface area contributed by atoms with E-state index < -0.39 is 17.2 Å². The van der Waals surface area contributed by atoms with Gasteiger partial charge in [-0.05, 0) is 12.5 Å². The summed E-state index contributed by atoms with van der Waals surface area (Å²) in [6.07, 6.45) is 0. The molecule has 0 spiro atoms. The lowest BCUT2D eigenvalue weighted by Gasteiger charge is -2.14. The van der Waals surface area contributed by atoms with Crippen molar-refractivity contribution in [2.75, 3.05) is 12.8 Å². The topological polar surface area (TPSA) is 84.0 Å². The molecule has 0 fully saturated rings. The SMILES string of the molecule is C=C(C)CSc1nnc(S[C@H](C(=O)NC(=O)NC)c2ccccc2)s1. The summed E-state index contributed by atoms with van der Waals surface area (Å²) in [5.74, 6) is 0.375. The van der Waals surface area contributed by atoms with Crippen molar-refractivity contribution in [3.63, 3.8) is 0 Å². The second kappa shape index (κ2) is 9.59. The maximum Gasteiger partial charge on any atom is 0.321 e. The summed E-state index contributed by atoms with van der Waals surface area (Å²) in [4.78, 5) is 24.0. The molecule has 2 N–H and O–H groups in total. The van der Waals surface area contributed by atoms with E-state index in [2.05, 4.69) is 27.4 Å². The van der Waals surface area contributed by atoms with Crippen LogP contribution in [-0.2, 0) is 4.79 Å². The number of rotatable bonds is 7. The molecule has 0 aliphatic rings. The summed E-state index contributed by atoms with van der Waals surface area (Å²) >= 11 is 4.26. The Morgan fingerprint density at radius 1 is 1.24 bits per heavy atom. The van der Waals surface area contributed by atoms with E-state index in [4.69, 9.17) is 0 Å². The number of nitrogens with one attached hydrogen (secondary N) is 2. The zero-order chi connectivity index (χ0) is 18.2. The van der Waals surface area contributed by atoms with Crippen molar-refractivity contribution in [3.05, 3.63) is 48.0 Å². The molecule has 6 nitrogen and oxygen atoms in total. The summed E-state index contributed by atoms with van der Waals surface area (Å²) in [6, 6.07) is 8.73. The Labute approximate surface area is 158 Å². The standard InChI is InChI=1S/C16H18N4O2S3/c1-10(2)9-23-15-19-20-16(25-15)24-12(11-7-5-4-6-8-11)13(21)18-14(22)17-3/h4-8,12H,1,9H2,2-3H3,(H2,17,18,21,22)/t12-/m0/s1. The molecule has 0 unspecified atom stereocenters. The van der Waals surface area contributed by atoms with Crippen LogP contribution in [0.2, 0.25) is 0 Å². The molecule has 2 aromatic rings. The largest absolute Gasteiger partial charge is 0.341 e. The molecule has 1 heterocycles. The van der Waals surface area contributed by atoms with Crippen LogP contribution < -0.4 is 10.6 Å². The number of urea groups is 1. The highest BCUT2D eigenvalue weighted by atomic mass is 32.2. The lowest BCUT2D eigenvalue weighted by atomic mass is 10.1. The van der Waals surface area contributed by atoms with Crippen LogP contribution >= 0.6 is 34.9 Å². The minimum atomic E-state index is -0.592. The number of carbonyl (C=O) groups excluding carboxylic acids is 2. The van der Waals surface area contributed by atoms with Gasteiger partial charge in [-0.15, -0.1) is 10.2 Å². The number of hydrogen-bond donors (Lipinski definition) is 2. The van der Waals surface area contributed by atoms with Gasteiger partial charge in [-0.2, -0.15) is 0 Å². The molecule has 1 aromatic carbocycles. The van der Waals surface area contributed by atoms with Crippen molar-refractivity contribution < 1.29 is 9.59 Å². The molecular weight excluding hydrogens is 376 g/mol. The molecule has 9 heteroatoms. The molecule has 0 aliphatic heterocycles. The quantitative estimate of drug-likeness (QED) is 0.552. The molecule has 25 heavy (non-hydrogen) atoms. The zero-order valence-electron chi connectivity index (χ0n) is 13.8. The monoisotopic (exact) mass is 394 g/mol. The lowest BCUT2D eigenvalue weighted by Crippen LogP contribution is -2.39. The van der Waals surface area contributed by atoms with Crippen LogP contribution in [0, 0.1) is 0 Å². The first-order chi connectivity index (χ1) is 12.0. The maximum atomic E-state index is 12.5. The van der Waals surface area contributed by atoms with Gasteiger partial charge in [0.15, 0.2) is 8.68 Å². The Bertz CT molecular complexity index is 749. The summed E-state index contributed by atoms with van der Waals surface area (Å²) in [7, 11) is 1.46. The number of amides is 3. The highest BCUT2D eigenvalue weighted by molar-refractivity contribution is 8.03. The van der Waals surface area contributed by atoms with Crippen LogP contribution in [0.15, 0.2) is 51.2 Å². The van der Waals surface area contributed by atoms with Crippen molar-refractivity contribution in [1.82, 2.24) is 20.8 Å². The molecule has 3 amide bonds. The van der Waals surface area contributed by atoms with Gasteiger partial charge in [0, 0.05) is 12.8 Å². The minimum Gasteiger partial charge on any atom is -0.341 e. The average Bonchev–Trinajstić information content (AvgIpc) is 3.06. The smallest absolute Gasteiger partial charge is 0.321 e. The number of thioether (sulfide) groups is 2. The summed E-state index contributed by atoms with van der Waals surface area (Å²) < 4.78 is 1.49. The second-order valence-electron chi connectivity index (χ2n) is 5.06. The highest BCUT2D eigenvalue weighted by Crippen LogP contribution is 2.38. The van der Waals surface area contributed by atoms with E-state index in [0.717, 1.165) is 21.2 Å². The van der Waals surface area contributed by atoms with Gasteiger partial charge < -0.3 is 5.32 Å². The predicted molar refractivity (Wildman–Crippen MR) is 103 cm³/mol.